The van der Waals surface area contributed by atoms with E-state index < -0.39 is 24.6 Å². The van der Waals surface area contributed by atoms with E-state index in [1.54, 1.807) is 55.5 Å². The lowest BCUT2D eigenvalue weighted by atomic mass is 9.95. The van der Waals surface area contributed by atoms with E-state index in [0.29, 0.717) is 37.7 Å². The number of hydrogen-bond donors (Lipinski definition) is 1. The fourth-order valence-electron chi connectivity index (χ4n) is 4.25. The molecule has 11 nitrogen and oxygen atoms in total. The first-order valence-corrected chi connectivity index (χ1v) is 12.9. The monoisotopic (exact) mass is 568 g/mol. The molecule has 1 atom stereocenters. The summed E-state index contributed by atoms with van der Waals surface area (Å²) in [4.78, 5) is 43.0. The maximum atomic E-state index is 13.9. The number of carboxylic acid groups (broad SMARTS) is 1. The Labute approximate surface area is 233 Å². The summed E-state index contributed by atoms with van der Waals surface area (Å²) in [6.45, 7) is 1.45. The number of nitrogens with zero attached hydrogens (tertiary/aromatic N) is 2. The first kappa shape index (κ1) is 28.6. The molecule has 0 bridgehead atoms. The zero-order valence-electron chi connectivity index (χ0n) is 22.3. The Balaban J connectivity index is 1.85. The molecule has 0 saturated carbocycles. The van der Waals surface area contributed by atoms with Gasteiger partial charge in [-0.3, -0.25) is 9.36 Å². The SMILES string of the molecule is COCCOC(=O)C1=C(C)N=c2sc(=Cc3ccc(OCC(=O)O)c(OC)c3)c(=O)n2C1c1ccccc1OC. The van der Waals surface area contributed by atoms with Gasteiger partial charge in [-0.25, -0.2) is 14.6 Å². The Morgan fingerprint density at radius 2 is 1.80 bits per heavy atom. The van der Waals surface area contributed by atoms with Gasteiger partial charge in [-0.05, 0) is 36.8 Å². The average molecular weight is 569 g/mol. The number of aromatic nitrogens is 1. The van der Waals surface area contributed by atoms with E-state index in [-0.39, 0.29) is 30.1 Å². The van der Waals surface area contributed by atoms with Gasteiger partial charge in [0.15, 0.2) is 22.9 Å². The van der Waals surface area contributed by atoms with Gasteiger partial charge in [0.2, 0.25) is 0 Å². The lowest BCUT2D eigenvalue weighted by Gasteiger charge is -2.26. The molecule has 2 aromatic carbocycles. The van der Waals surface area contributed by atoms with Crippen LogP contribution in [-0.4, -0.2) is 62.8 Å². The van der Waals surface area contributed by atoms with Crippen LogP contribution in [0.25, 0.3) is 6.08 Å². The van der Waals surface area contributed by atoms with E-state index in [1.807, 2.05) is 0 Å². The topological polar surface area (TPSA) is 135 Å². The van der Waals surface area contributed by atoms with Gasteiger partial charge in [0, 0.05) is 12.7 Å². The van der Waals surface area contributed by atoms with Gasteiger partial charge in [0.25, 0.3) is 5.56 Å². The summed E-state index contributed by atoms with van der Waals surface area (Å²) in [6, 6.07) is 11.2. The smallest absolute Gasteiger partial charge is 0.341 e. The summed E-state index contributed by atoms with van der Waals surface area (Å²) >= 11 is 1.17. The Morgan fingerprint density at radius 3 is 2.50 bits per heavy atom. The zero-order valence-corrected chi connectivity index (χ0v) is 23.1. The predicted molar refractivity (Wildman–Crippen MR) is 146 cm³/mol. The highest BCUT2D eigenvalue weighted by atomic mass is 32.1. The molecule has 12 heteroatoms. The molecule has 0 aliphatic carbocycles. The van der Waals surface area contributed by atoms with Crippen molar-refractivity contribution in [1.82, 2.24) is 4.57 Å². The quantitative estimate of drug-likeness (QED) is 0.272. The molecular formula is C28H28N2O9S. The minimum absolute atomic E-state index is 0.0448. The van der Waals surface area contributed by atoms with Crippen LogP contribution in [0.15, 0.2) is 63.5 Å². The first-order chi connectivity index (χ1) is 19.3. The summed E-state index contributed by atoms with van der Waals surface area (Å²) in [6.07, 6.45) is 1.67. The molecular weight excluding hydrogens is 540 g/mol. The normalized spacial score (nSPS) is 14.8. The molecule has 1 aliphatic rings. The minimum atomic E-state index is -1.12. The molecule has 0 radical (unpaired) electrons. The molecule has 210 valence electrons. The van der Waals surface area contributed by atoms with Crippen molar-refractivity contribution in [2.75, 3.05) is 41.2 Å². The van der Waals surface area contributed by atoms with Crippen LogP contribution in [0, 0.1) is 0 Å². The molecule has 4 rings (SSSR count). The van der Waals surface area contributed by atoms with Crippen LogP contribution in [0.1, 0.15) is 24.1 Å². The van der Waals surface area contributed by atoms with Gasteiger partial charge in [0.1, 0.15) is 18.4 Å². The predicted octanol–water partition coefficient (Wildman–Crippen LogP) is 1.91. The molecule has 2 heterocycles. The Bertz CT molecular complexity index is 1640. The van der Waals surface area contributed by atoms with Crippen molar-refractivity contribution in [3.8, 4) is 17.2 Å². The number of carboxylic acids is 1. The summed E-state index contributed by atoms with van der Waals surface area (Å²) < 4.78 is 28.5. The zero-order chi connectivity index (χ0) is 28.8. The number of ether oxygens (including phenoxy) is 5. The molecule has 1 N–H and O–H groups in total. The standard InChI is InChI=1S/C28H28N2O9S/c1-16-24(27(34)38-12-11-35-2)25(18-7-5-6-8-19(18)36-3)30-26(33)22(40-28(30)29-16)14-17-9-10-20(21(13-17)37-4)39-15-23(31)32/h5-10,13-14,25H,11-12,15H2,1-4H3,(H,31,32). The Hall–Kier alpha value is -4.42. The molecule has 1 aromatic heterocycles. The first-order valence-electron chi connectivity index (χ1n) is 12.1. The number of esters is 1. The third-order valence-corrected chi connectivity index (χ3v) is 7.02. The molecule has 0 fully saturated rings. The van der Waals surface area contributed by atoms with E-state index in [4.69, 9.17) is 28.8 Å². The van der Waals surface area contributed by atoms with Crippen LogP contribution in [0.3, 0.4) is 0 Å². The average Bonchev–Trinajstić information content (AvgIpc) is 3.25. The number of para-hydroxylation sites is 1. The number of carbonyl (C=O) groups excluding carboxylic acids is 1. The summed E-state index contributed by atoms with van der Waals surface area (Å²) in [5.41, 5.74) is 1.51. The Kier molecular flexibility index (Phi) is 9.02. The molecule has 0 amide bonds. The minimum Gasteiger partial charge on any atom is -0.496 e. The number of fused-ring (bicyclic) bond motifs is 1. The van der Waals surface area contributed by atoms with Gasteiger partial charge >= 0.3 is 11.9 Å². The van der Waals surface area contributed by atoms with Gasteiger partial charge in [0.05, 0.1) is 36.6 Å². The van der Waals surface area contributed by atoms with Crippen LogP contribution < -0.4 is 29.1 Å². The van der Waals surface area contributed by atoms with Crippen molar-refractivity contribution >= 4 is 29.4 Å². The van der Waals surface area contributed by atoms with Gasteiger partial charge < -0.3 is 28.8 Å². The van der Waals surface area contributed by atoms with Crippen LogP contribution in [0.5, 0.6) is 17.2 Å². The molecule has 1 unspecified atom stereocenters. The maximum Gasteiger partial charge on any atom is 0.341 e. The fraction of sp³-hybridized carbons (Fsp3) is 0.286. The van der Waals surface area contributed by atoms with Gasteiger partial charge in [-0.15, -0.1) is 0 Å². The Morgan fingerprint density at radius 1 is 1.05 bits per heavy atom. The van der Waals surface area contributed by atoms with Crippen molar-refractivity contribution in [3.63, 3.8) is 0 Å². The number of rotatable bonds is 11. The third-order valence-electron chi connectivity index (χ3n) is 6.03. The van der Waals surface area contributed by atoms with Crippen molar-refractivity contribution in [2.45, 2.75) is 13.0 Å². The maximum absolute atomic E-state index is 13.9. The van der Waals surface area contributed by atoms with Crippen LogP contribution >= 0.6 is 11.3 Å². The van der Waals surface area contributed by atoms with Crippen molar-refractivity contribution in [2.24, 2.45) is 4.99 Å². The van der Waals surface area contributed by atoms with Gasteiger partial charge in [-0.2, -0.15) is 0 Å². The molecule has 40 heavy (non-hydrogen) atoms. The number of methoxy groups -OCH3 is 3. The second kappa shape index (κ2) is 12.6. The number of thiazole rings is 1. The van der Waals surface area contributed by atoms with E-state index in [2.05, 4.69) is 4.99 Å². The molecule has 0 saturated heterocycles. The third kappa shape index (κ3) is 5.92. The van der Waals surface area contributed by atoms with E-state index >= 15 is 0 Å². The number of allylic oxidation sites excluding steroid dienone is 1. The highest BCUT2D eigenvalue weighted by Crippen LogP contribution is 2.35. The molecule has 0 spiro atoms. The lowest BCUT2D eigenvalue weighted by molar-refractivity contribution is -0.141. The summed E-state index contributed by atoms with van der Waals surface area (Å²) in [5.74, 6) is -0.654. The highest BCUT2D eigenvalue weighted by molar-refractivity contribution is 7.07. The van der Waals surface area contributed by atoms with Crippen LogP contribution in [0.2, 0.25) is 0 Å². The second-order valence-electron chi connectivity index (χ2n) is 8.55. The van der Waals surface area contributed by atoms with E-state index in [9.17, 15) is 14.4 Å². The van der Waals surface area contributed by atoms with Crippen LogP contribution in [0.4, 0.5) is 0 Å². The van der Waals surface area contributed by atoms with E-state index in [1.165, 1.54) is 37.2 Å². The van der Waals surface area contributed by atoms with Crippen molar-refractivity contribution in [1.29, 1.82) is 0 Å². The molecule has 3 aromatic rings. The summed E-state index contributed by atoms with van der Waals surface area (Å²) in [7, 11) is 4.46. The lowest BCUT2D eigenvalue weighted by Crippen LogP contribution is -2.40. The number of aliphatic carboxylic acids is 1. The fourth-order valence-corrected chi connectivity index (χ4v) is 5.30. The van der Waals surface area contributed by atoms with Crippen molar-refractivity contribution < 1.29 is 38.4 Å². The number of hydrogen-bond acceptors (Lipinski definition) is 10. The van der Waals surface area contributed by atoms with E-state index in [0.717, 1.165) is 0 Å². The summed E-state index contributed by atoms with van der Waals surface area (Å²) in [5, 5.41) is 8.90. The van der Waals surface area contributed by atoms with Crippen LogP contribution in [-0.2, 0) is 19.1 Å². The van der Waals surface area contributed by atoms with Gasteiger partial charge in [-0.1, -0.05) is 35.6 Å². The number of carbonyl (C=O) groups is 2. The molecule has 1 aliphatic heterocycles. The van der Waals surface area contributed by atoms with Crippen molar-refractivity contribution in [3.05, 3.63) is 84.5 Å². The largest absolute Gasteiger partial charge is 0.496 e. The second-order valence-corrected chi connectivity index (χ2v) is 9.55. The highest BCUT2D eigenvalue weighted by Gasteiger charge is 2.35. The number of benzene rings is 2.